The first kappa shape index (κ1) is 100. The van der Waals surface area contributed by atoms with E-state index in [-0.39, 0.29) is 10.8 Å². The molecule has 0 N–H and O–H groups in total. The van der Waals surface area contributed by atoms with E-state index in [2.05, 4.69) is 431 Å². The monoisotopic (exact) mass is 1420 g/mol. The van der Waals surface area contributed by atoms with Crippen molar-refractivity contribution in [2.75, 3.05) is 14.2 Å². The van der Waals surface area contributed by atoms with Crippen LogP contribution < -0.4 is 9.47 Å². The normalized spacial score (nSPS) is 12.5. The zero-order chi connectivity index (χ0) is 80.6. The van der Waals surface area contributed by atoms with Crippen LogP contribution in [0.25, 0.3) is 0 Å². The molecule has 7 aromatic rings. The summed E-state index contributed by atoms with van der Waals surface area (Å²) in [6.45, 7) is 81.5. The highest BCUT2D eigenvalue weighted by Gasteiger charge is 2.39. The van der Waals surface area contributed by atoms with Crippen molar-refractivity contribution in [2.24, 2.45) is 80.8 Å². The molecular weight excluding hydrogens is 1260 g/mol. The van der Waals surface area contributed by atoms with Gasteiger partial charge in [-0.3, -0.25) is 0 Å². The zero-order valence-electron chi connectivity index (χ0n) is 75.0. The molecule has 1 fully saturated rings. The van der Waals surface area contributed by atoms with E-state index in [4.69, 9.17) is 9.47 Å². The number of hydrogen-bond donors (Lipinski definition) is 0. The predicted octanol–water partition coefficient (Wildman–Crippen LogP) is 32.0. The summed E-state index contributed by atoms with van der Waals surface area (Å²) in [6, 6.07) is 68.4. The lowest BCUT2D eigenvalue weighted by molar-refractivity contribution is 0.157. The second kappa shape index (κ2) is 49.9. The lowest BCUT2D eigenvalue weighted by atomic mass is 9.68. The Morgan fingerprint density at radius 1 is 0.356 bits per heavy atom. The van der Waals surface area contributed by atoms with Crippen LogP contribution >= 0.6 is 0 Å². The maximum atomic E-state index is 5.33. The van der Waals surface area contributed by atoms with E-state index in [1.807, 2.05) is 12.1 Å². The van der Waals surface area contributed by atoms with Crippen molar-refractivity contribution in [1.82, 2.24) is 0 Å². The van der Waals surface area contributed by atoms with E-state index in [0.717, 1.165) is 59.3 Å². The molecule has 2 nitrogen and oxygen atoms in total. The molecule has 0 aliphatic heterocycles. The van der Waals surface area contributed by atoms with Gasteiger partial charge in [-0.1, -0.05) is 425 Å². The Kier molecular flexibility index (Phi) is 48.1. The highest BCUT2D eigenvalue weighted by Crippen LogP contribution is 2.49. The predicted molar refractivity (Wildman–Crippen MR) is 471 cm³/mol. The molecule has 1 aliphatic rings. The van der Waals surface area contributed by atoms with Crippen molar-refractivity contribution >= 4 is 0 Å². The van der Waals surface area contributed by atoms with Gasteiger partial charge in [0.1, 0.15) is 11.5 Å². The summed E-state index contributed by atoms with van der Waals surface area (Å²) < 4.78 is 10.4. The summed E-state index contributed by atoms with van der Waals surface area (Å²) in [7, 11) is 3.42. The van der Waals surface area contributed by atoms with Crippen LogP contribution in [0.1, 0.15) is 318 Å². The standard InChI is InChI=1S/2C17H20.C12H18O.C11H16.C10H14O.C9H18.C8H18.C7H16.C6H14.C5H12/c2*1-14(2)17(3,15-10-6-4-7-11-15)16-12-8-5-9-13-16;1-9(2)7-11-6-5-10(3)8-12(11)13-4;1-9(2)10(3)11-7-5-4-6-8-11;1-8(2)9-4-6-10(11-3)7-5-9;1-7(2)9(3,4)8-5-6-8;1-7(2,3)8(4,5)6;1-6(2)7(3,4)5;1-5(2)6(3)4;1-4-5(2)3/h2*4-14H,1-3H3;5-6,8-9H,7H2,1-4H3;4-10H,1-3H3;4-8H,1-3H3;7-8H,5-6H2,1-4H3;1-6H3;6H,1-5H3;5-6H,1-4H3;5H,4H2,1-3H3. The molecule has 0 heterocycles. The number of methoxy groups -OCH3 is 2. The van der Waals surface area contributed by atoms with Crippen molar-refractivity contribution in [1.29, 1.82) is 0 Å². The lowest BCUT2D eigenvalue weighted by Gasteiger charge is -2.35. The van der Waals surface area contributed by atoms with Gasteiger partial charge in [0.25, 0.3) is 0 Å². The molecule has 1 unspecified atom stereocenters. The van der Waals surface area contributed by atoms with Crippen LogP contribution in [0.3, 0.4) is 0 Å². The molecule has 0 amide bonds. The molecule has 0 aromatic heterocycles. The van der Waals surface area contributed by atoms with Gasteiger partial charge >= 0.3 is 0 Å². The Hall–Kier alpha value is -5.86. The third-order valence-corrected chi connectivity index (χ3v) is 23.2. The maximum Gasteiger partial charge on any atom is 0.122 e. The lowest BCUT2D eigenvalue weighted by Crippen LogP contribution is -2.29. The first-order valence-corrected chi connectivity index (χ1v) is 40.6. The summed E-state index contributed by atoms with van der Waals surface area (Å²) in [4.78, 5) is 0. The van der Waals surface area contributed by atoms with Crippen LogP contribution in [0, 0.1) is 87.8 Å². The Labute approximate surface area is 648 Å². The fourth-order valence-electron chi connectivity index (χ4n) is 9.69. The van der Waals surface area contributed by atoms with Crippen molar-refractivity contribution in [3.63, 3.8) is 0 Å². The SMILES string of the molecule is CC(C)(C)C(C)(C)C.CC(C)C(C)(C)C.CC(C)C(C)(C)C1CC1.CC(C)C(C)(c1ccccc1)c1ccccc1.CC(C)C(C)(c1ccccc1)c1ccccc1.CC(C)C(C)C.CC(C)C(C)c1ccccc1.CCC(C)C.COc1cc(C)ccc1CC(C)C.COc1ccc(C(C)C)cc1. The van der Waals surface area contributed by atoms with Crippen LogP contribution in [0.15, 0.2) is 194 Å². The van der Waals surface area contributed by atoms with Gasteiger partial charge in [0.15, 0.2) is 0 Å². The minimum atomic E-state index is 0.0858. The average Bonchev–Trinajstić information content (AvgIpc) is 1.76. The summed E-state index contributed by atoms with van der Waals surface area (Å²) in [5.41, 5.74) is 13.1. The first-order valence-electron chi connectivity index (χ1n) is 40.6. The molecule has 8 rings (SSSR count). The molecule has 104 heavy (non-hydrogen) atoms. The maximum absolute atomic E-state index is 5.33. The van der Waals surface area contributed by atoms with Crippen LogP contribution in [-0.2, 0) is 17.3 Å². The number of benzene rings is 7. The fraction of sp³-hybridized carbons (Fsp3) is 0.588. The Morgan fingerprint density at radius 2 is 0.673 bits per heavy atom. The van der Waals surface area contributed by atoms with Gasteiger partial charge in [-0.2, -0.15) is 0 Å². The van der Waals surface area contributed by atoms with E-state index < -0.39 is 0 Å². The molecule has 1 aliphatic carbocycles. The molecule has 2 heteroatoms. The summed E-state index contributed by atoms with van der Waals surface area (Å²) in [5.74, 6) is 11.0. The molecule has 0 radical (unpaired) electrons. The van der Waals surface area contributed by atoms with Crippen LogP contribution in [0.4, 0.5) is 0 Å². The van der Waals surface area contributed by atoms with E-state index in [1.165, 1.54) is 63.8 Å². The van der Waals surface area contributed by atoms with Gasteiger partial charge in [0.2, 0.25) is 0 Å². The molecule has 1 saturated carbocycles. The first-order chi connectivity index (χ1) is 48.0. The summed E-state index contributed by atoms with van der Waals surface area (Å²) >= 11 is 0. The molecule has 586 valence electrons. The number of aryl methyl sites for hydroxylation is 1. The third kappa shape index (κ3) is 39.1. The largest absolute Gasteiger partial charge is 0.497 e. The van der Waals surface area contributed by atoms with Gasteiger partial charge in [-0.05, 0) is 182 Å². The fourth-order valence-corrected chi connectivity index (χ4v) is 9.69. The zero-order valence-corrected chi connectivity index (χ0v) is 75.0. The Bertz CT molecular complexity index is 2960. The molecule has 0 saturated heterocycles. The van der Waals surface area contributed by atoms with Gasteiger partial charge in [0.05, 0.1) is 14.2 Å². The van der Waals surface area contributed by atoms with Crippen molar-refractivity contribution < 1.29 is 9.47 Å². The second-order valence-corrected chi connectivity index (χ2v) is 37.0. The average molecular weight is 1420 g/mol. The third-order valence-electron chi connectivity index (χ3n) is 23.2. The highest BCUT2D eigenvalue weighted by molar-refractivity contribution is 5.41. The Morgan fingerprint density at radius 3 is 0.875 bits per heavy atom. The number of hydrogen-bond acceptors (Lipinski definition) is 2. The van der Waals surface area contributed by atoms with Crippen LogP contribution in [0.2, 0.25) is 0 Å². The Balaban J connectivity index is 0. The van der Waals surface area contributed by atoms with Gasteiger partial charge in [0, 0.05) is 10.8 Å². The molecule has 0 bridgehead atoms. The van der Waals surface area contributed by atoms with Gasteiger partial charge < -0.3 is 9.47 Å². The minimum absolute atomic E-state index is 0.0858. The molecule has 0 spiro atoms. The van der Waals surface area contributed by atoms with E-state index in [1.54, 1.807) is 14.2 Å². The van der Waals surface area contributed by atoms with Gasteiger partial charge in [-0.15, -0.1) is 0 Å². The molecular formula is C102H166O2. The number of rotatable bonds is 17. The summed E-state index contributed by atoms with van der Waals surface area (Å²) in [5, 5.41) is 0. The number of ether oxygens (including phenoxy) is 2. The van der Waals surface area contributed by atoms with Gasteiger partial charge in [-0.25, -0.2) is 0 Å². The molecule has 1 atom stereocenters. The van der Waals surface area contributed by atoms with E-state index in [9.17, 15) is 0 Å². The quantitative estimate of drug-likeness (QED) is 0.0905. The minimum Gasteiger partial charge on any atom is -0.497 e. The second-order valence-electron chi connectivity index (χ2n) is 37.0. The van der Waals surface area contributed by atoms with Crippen molar-refractivity contribution in [3.05, 3.63) is 239 Å². The van der Waals surface area contributed by atoms with Crippen LogP contribution in [0.5, 0.6) is 11.5 Å². The van der Waals surface area contributed by atoms with Crippen LogP contribution in [-0.4, -0.2) is 14.2 Å². The van der Waals surface area contributed by atoms with E-state index in [0.29, 0.717) is 51.2 Å². The summed E-state index contributed by atoms with van der Waals surface area (Å²) in [6.07, 6.45) is 5.35. The van der Waals surface area contributed by atoms with E-state index >= 15 is 0 Å². The molecule has 7 aromatic carbocycles. The van der Waals surface area contributed by atoms with Crippen molar-refractivity contribution in [3.8, 4) is 11.5 Å². The van der Waals surface area contributed by atoms with Crippen molar-refractivity contribution in [2.45, 2.75) is 298 Å². The smallest absolute Gasteiger partial charge is 0.122 e. The highest BCUT2D eigenvalue weighted by atomic mass is 16.5. The topological polar surface area (TPSA) is 18.5 Å².